The van der Waals surface area contributed by atoms with Crippen molar-refractivity contribution < 1.29 is 43.7 Å². The number of hydrogen-bond acceptors (Lipinski definition) is 12. The van der Waals surface area contributed by atoms with Crippen molar-refractivity contribution in [1.29, 1.82) is 0 Å². The first-order valence-corrected chi connectivity index (χ1v) is 14.9. The minimum absolute atomic E-state index is 0.0183. The van der Waals surface area contributed by atoms with E-state index < -0.39 is 70.3 Å². The van der Waals surface area contributed by atoms with Crippen LogP contribution in [0.1, 0.15) is 43.8 Å². The van der Waals surface area contributed by atoms with Crippen LogP contribution in [0.5, 0.6) is 5.75 Å². The number of Topliss-reactive ketones (excluding diaryl/α,β-unsaturated/α-hetero) is 4. The molecule has 0 aliphatic heterocycles. The fourth-order valence-corrected chi connectivity index (χ4v) is 7.46. The molecular weight excluding hydrogens is 596 g/mol. The van der Waals surface area contributed by atoms with Gasteiger partial charge in [0.1, 0.15) is 5.75 Å². The van der Waals surface area contributed by atoms with Gasteiger partial charge in [0.25, 0.3) is 0 Å². The topological polar surface area (TPSA) is 197 Å². The van der Waals surface area contributed by atoms with Crippen LogP contribution in [0.3, 0.4) is 0 Å². The summed E-state index contributed by atoms with van der Waals surface area (Å²) in [6.45, 7) is 0.515. The van der Waals surface area contributed by atoms with E-state index in [1.807, 2.05) is 0 Å². The fourth-order valence-electron chi connectivity index (χ4n) is 7.46. The SMILES string of the molecule is COC(=O)c1ccc(CNCc2cc(N(C)C)c3c(c2O)C(=O)C2C(=O)[C@]4(O)C(=O)C(C(N)=O)C(=O)C(N(C)C)[C@@H]4C[C@@H]2C3)cc1. The van der Waals surface area contributed by atoms with Gasteiger partial charge in [0.2, 0.25) is 5.91 Å². The highest BCUT2D eigenvalue weighted by molar-refractivity contribution is 6.32. The van der Waals surface area contributed by atoms with E-state index >= 15 is 0 Å². The number of hydrogen-bond donors (Lipinski definition) is 4. The van der Waals surface area contributed by atoms with E-state index in [9.17, 15) is 39.0 Å². The molecule has 3 unspecified atom stereocenters. The summed E-state index contributed by atoms with van der Waals surface area (Å²) in [4.78, 5) is 82.3. The molecule has 13 heteroatoms. The van der Waals surface area contributed by atoms with Crippen molar-refractivity contribution in [3.05, 3.63) is 58.1 Å². The van der Waals surface area contributed by atoms with Crippen LogP contribution in [0.25, 0.3) is 0 Å². The van der Waals surface area contributed by atoms with Crippen molar-refractivity contribution in [1.82, 2.24) is 10.2 Å². The number of nitrogens with zero attached hydrogens (tertiary/aromatic N) is 2. The Morgan fingerprint density at radius 3 is 2.26 bits per heavy atom. The van der Waals surface area contributed by atoms with Crippen molar-refractivity contribution in [2.24, 2.45) is 29.4 Å². The molecule has 13 nitrogen and oxygen atoms in total. The minimum atomic E-state index is -2.78. The third-order valence-electron chi connectivity index (χ3n) is 9.62. The Kier molecular flexibility index (Phi) is 8.62. The largest absolute Gasteiger partial charge is 0.507 e. The first kappa shape index (κ1) is 32.9. The quantitative estimate of drug-likeness (QED) is 0.225. The number of ketones is 4. The van der Waals surface area contributed by atoms with Crippen LogP contribution in [0, 0.1) is 23.7 Å². The van der Waals surface area contributed by atoms with Gasteiger partial charge in [-0.2, -0.15) is 0 Å². The number of anilines is 1. The zero-order valence-corrected chi connectivity index (χ0v) is 26.3. The number of esters is 1. The highest BCUT2D eigenvalue weighted by Crippen LogP contribution is 2.52. The lowest BCUT2D eigenvalue weighted by Crippen LogP contribution is -2.74. The van der Waals surface area contributed by atoms with E-state index in [4.69, 9.17) is 10.5 Å². The number of phenolic OH excluding ortho intramolecular Hbond substituents is 1. The van der Waals surface area contributed by atoms with E-state index in [1.165, 1.54) is 12.0 Å². The highest BCUT2D eigenvalue weighted by Gasteiger charge is 2.69. The number of benzene rings is 2. The molecule has 0 heterocycles. The molecule has 244 valence electrons. The van der Waals surface area contributed by atoms with Crippen LogP contribution in [0.4, 0.5) is 5.69 Å². The summed E-state index contributed by atoms with van der Waals surface area (Å²) in [6, 6.07) is 7.40. The molecule has 2 aromatic rings. The normalized spacial score (nSPS) is 27.2. The Bertz CT molecular complexity index is 1650. The lowest BCUT2D eigenvalue weighted by Gasteiger charge is -2.52. The number of nitrogens with two attached hydrogens (primary N) is 1. The Morgan fingerprint density at radius 1 is 1.04 bits per heavy atom. The van der Waals surface area contributed by atoms with Gasteiger partial charge in [-0.3, -0.25) is 28.9 Å². The maximum Gasteiger partial charge on any atom is 0.337 e. The van der Waals surface area contributed by atoms with Gasteiger partial charge in [-0.25, -0.2) is 4.79 Å². The van der Waals surface area contributed by atoms with Crippen LogP contribution in [-0.4, -0.2) is 97.1 Å². The molecule has 2 saturated carbocycles. The van der Waals surface area contributed by atoms with E-state index in [-0.39, 0.29) is 30.7 Å². The van der Waals surface area contributed by atoms with Gasteiger partial charge < -0.3 is 30.9 Å². The number of primary amides is 1. The van der Waals surface area contributed by atoms with Gasteiger partial charge in [0, 0.05) is 44.4 Å². The molecule has 0 radical (unpaired) electrons. The van der Waals surface area contributed by atoms with Crippen LogP contribution in [0.2, 0.25) is 0 Å². The number of phenols is 1. The molecule has 46 heavy (non-hydrogen) atoms. The van der Waals surface area contributed by atoms with Crippen molar-refractivity contribution in [3.63, 3.8) is 0 Å². The van der Waals surface area contributed by atoms with Crippen molar-refractivity contribution >= 4 is 40.7 Å². The molecular formula is C33H38N4O9. The van der Waals surface area contributed by atoms with Gasteiger partial charge in [0.15, 0.2) is 34.7 Å². The average molecular weight is 635 g/mol. The van der Waals surface area contributed by atoms with Crippen molar-refractivity contribution in [2.45, 2.75) is 37.6 Å². The van der Waals surface area contributed by atoms with Crippen molar-refractivity contribution in [2.75, 3.05) is 40.2 Å². The third-order valence-corrected chi connectivity index (χ3v) is 9.62. The summed E-state index contributed by atoms with van der Waals surface area (Å²) >= 11 is 0. The number of likely N-dealkylation sites (N-methyl/N-ethyl adjacent to an activating group) is 1. The number of amides is 1. The minimum Gasteiger partial charge on any atom is -0.507 e. The van der Waals surface area contributed by atoms with Gasteiger partial charge in [-0.15, -0.1) is 0 Å². The summed E-state index contributed by atoms with van der Waals surface area (Å²) < 4.78 is 4.72. The Balaban J connectivity index is 1.49. The number of methoxy groups -OCH3 is 1. The van der Waals surface area contributed by atoms with Gasteiger partial charge in [0.05, 0.1) is 30.2 Å². The van der Waals surface area contributed by atoms with Crippen molar-refractivity contribution in [3.8, 4) is 5.75 Å². The molecule has 0 saturated heterocycles. The van der Waals surface area contributed by atoms with E-state index in [2.05, 4.69) is 5.32 Å². The van der Waals surface area contributed by atoms with Crippen LogP contribution >= 0.6 is 0 Å². The summed E-state index contributed by atoms with van der Waals surface area (Å²) in [7, 11) is 7.97. The summed E-state index contributed by atoms with van der Waals surface area (Å²) in [5.74, 6) is -11.3. The summed E-state index contributed by atoms with van der Waals surface area (Å²) in [5.41, 5.74) is 5.39. The second-order valence-corrected chi connectivity index (χ2v) is 12.7. The number of carbonyl (C=O) groups excluding carboxylic acids is 6. The summed E-state index contributed by atoms with van der Waals surface area (Å²) in [6.07, 6.45) is 0.156. The Hall–Kier alpha value is -4.46. The molecule has 0 bridgehead atoms. The lowest BCUT2D eigenvalue weighted by molar-refractivity contribution is -0.181. The van der Waals surface area contributed by atoms with E-state index in [0.29, 0.717) is 28.9 Å². The first-order chi connectivity index (χ1) is 21.6. The maximum atomic E-state index is 14.2. The zero-order chi connectivity index (χ0) is 33.8. The average Bonchev–Trinajstić information content (AvgIpc) is 2.99. The molecule has 3 aliphatic carbocycles. The predicted molar refractivity (Wildman–Crippen MR) is 164 cm³/mol. The second kappa shape index (κ2) is 12.0. The van der Waals surface area contributed by atoms with Crippen LogP contribution in [-0.2, 0) is 43.4 Å². The molecule has 2 aromatic carbocycles. The number of nitrogens with one attached hydrogen (secondary N) is 1. The molecule has 2 fully saturated rings. The van der Waals surface area contributed by atoms with Crippen LogP contribution in [0.15, 0.2) is 30.3 Å². The predicted octanol–water partition coefficient (Wildman–Crippen LogP) is 0.00940. The number of aliphatic hydroxyl groups is 1. The first-order valence-electron chi connectivity index (χ1n) is 14.9. The van der Waals surface area contributed by atoms with Gasteiger partial charge in [-0.1, -0.05) is 12.1 Å². The van der Waals surface area contributed by atoms with E-state index in [1.54, 1.807) is 63.4 Å². The molecule has 6 atom stereocenters. The maximum absolute atomic E-state index is 14.2. The van der Waals surface area contributed by atoms with E-state index in [0.717, 1.165) is 5.56 Å². The van der Waals surface area contributed by atoms with Gasteiger partial charge >= 0.3 is 5.97 Å². The monoisotopic (exact) mass is 634 g/mol. The van der Waals surface area contributed by atoms with Crippen LogP contribution < -0.4 is 16.0 Å². The highest BCUT2D eigenvalue weighted by atomic mass is 16.5. The Labute approximate surface area is 265 Å². The smallest absolute Gasteiger partial charge is 0.337 e. The molecule has 3 aliphatic rings. The molecule has 0 spiro atoms. The number of carbonyl (C=O) groups is 6. The summed E-state index contributed by atoms with van der Waals surface area (Å²) in [5, 5.41) is 26.5. The number of aromatic hydroxyl groups is 1. The number of rotatable bonds is 8. The second-order valence-electron chi connectivity index (χ2n) is 12.7. The lowest BCUT2D eigenvalue weighted by atomic mass is 9.52. The molecule has 5 N–H and O–H groups in total. The van der Waals surface area contributed by atoms with Gasteiger partial charge in [-0.05, 0) is 62.2 Å². The zero-order valence-electron chi connectivity index (χ0n) is 26.3. The third kappa shape index (κ3) is 5.08. The fraction of sp³-hybridized carbons (Fsp3) is 0.455. The molecule has 5 rings (SSSR count). The molecule has 1 amide bonds. The Morgan fingerprint density at radius 2 is 1.70 bits per heavy atom. The standard InChI is InChI=1S/C33H38N4O9/c1-36(2)21-12-18(14-35-13-15-6-8-16(9-7-15)32(44)46-5)26(38)23-19(21)10-17-11-20-25(37(3)4)28(40)24(31(34)43)30(42)33(20,45)29(41)22(17)27(23)39/h6-9,12,17,20,22,24-25,35,38,45H,10-11,13-14H2,1-5H3,(H2,34,43)/t17-,20-,22?,24?,25?,33-/m0/s1. The number of ether oxygens (including phenoxy) is 1. The molecule has 0 aromatic heterocycles. The number of fused-ring (bicyclic) bond motifs is 3.